The summed E-state index contributed by atoms with van der Waals surface area (Å²) in [5, 5.41) is 13.2. The summed E-state index contributed by atoms with van der Waals surface area (Å²) in [6.45, 7) is 2.76. The van der Waals surface area contributed by atoms with Crippen LogP contribution in [0.3, 0.4) is 0 Å². The van der Waals surface area contributed by atoms with Crippen LogP contribution in [0.1, 0.15) is 28.9 Å². The molecule has 7 heteroatoms. The van der Waals surface area contributed by atoms with Crippen LogP contribution in [0.5, 0.6) is 5.75 Å². The highest BCUT2D eigenvalue weighted by molar-refractivity contribution is 6.31. The third-order valence-corrected chi connectivity index (χ3v) is 4.44. The van der Waals surface area contributed by atoms with Crippen LogP contribution in [0.4, 0.5) is 5.69 Å². The second kappa shape index (κ2) is 7.29. The van der Waals surface area contributed by atoms with Crippen molar-refractivity contribution in [3.63, 3.8) is 0 Å². The van der Waals surface area contributed by atoms with E-state index in [2.05, 4.69) is 5.32 Å². The van der Waals surface area contributed by atoms with Crippen LogP contribution in [0.2, 0.25) is 5.02 Å². The van der Waals surface area contributed by atoms with E-state index in [0.29, 0.717) is 29.6 Å². The van der Waals surface area contributed by atoms with Gasteiger partial charge in [-0.2, -0.15) is 0 Å². The number of halogens is 1. The maximum absolute atomic E-state index is 12.8. The molecule has 2 N–H and O–H groups in total. The van der Waals surface area contributed by atoms with Crippen LogP contribution < -0.4 is 10.9 Å². The molecule has 1 saturated heterocycles. The van der Waals surface area contributed by atoms with Crippen molar-refractivity contribution in [2.75, 3.05) is 11.9 Å². The number of hydrogen-bond acceptors (Lipinski definition) is 4. The molecule has 25 heavy (non-hydrogen) atoms. The molecule has 1 aliphatic rings. The van der Waals surface area contributed by atoms with Crippen LogP contribution in [0, 0.1) is 6.92 Å². The summed E-state index contributed by atoms with van der Waals surface area (Å²) >= 11 is 5.90. The Morgan fingerprint density at radius 1 is 1.44 bits per heavy atom. The van der Waals surface area contributed by atoms with E-state index < -0.39 is 11.5 Å². The van der Waals surface area contributed by atoms with Gasteiger partial charge in [-0.1, -0.05) is 17.7 Å². The van der Waals surface area contributed by atoms with Crippen LogP contribution in [0.25, 0.3) is 0 Å². The number of hydrogen-bond donors (Lipinski definition) is 2. The first-order valence-electron chi connectivity index (χ1n) is 8.07. The Hall–Kier alpha value is -2.31. The monoisotopic (exact) mass is 362 g/mol. The van der Waals surface area contributed by atoms with Gasteiger partial charge in [0, 0.05) is 29.1 Å². The summed E-state index contributed by atoms with van der Waals surface area (Å²) in [5.74, 6) is -1.02. The summed E-state index contributed by atoms with van der Waals surface area (Å²) in [7, 11) is 0. The number of nitrogens with zero attached hydrogens (tertiary/aromatic N) is 1. The number of anilines is 1. The average molecular weight is 363 g/mol. The van der Waals surface area contributed by atoms with Crippen LogP contribution in [-0.2, 0) is 11.3 Å². The molecule has 2 aromatic rings. The van der Waals surface area contributed by atoms with Crippen LogP contribution >= 0.6 is 11.6 Å². The molecule has 6 nitrogen and oxygen atoms in total. The maximum atomic E-state index is 12.8. The SMILES string of the molecule is Cc1cc(O)c(C(=O)Nc2cccc(Cl)c2)c(=O)n1CC1CCCO1. The van der Waals surface area contributed by atoms with Crippen molar-refractivity contribution in [1.29, 1.82) is 0 Å². The average Bonchev–Trinajstić information content (AvgIpc) is 3.04. The first-order chi connectivity index (χ1) is 12.0. The predicted octanol–water partition coefficient (Wildman–Crippen LogP) is 2.95. The highest BCUT2D eigenvalue weighted by Gasteiger charge is 2.23. The number of aromatic nitrogens is 1. The van der Waals surface area contributed by atoms with Crippen molar-refractivity contribution >= 4 is 23.2 Å². The Balaban J connectivity index is 1.92. The normalized spacial score (nSPS) is 16.8. The molecule has 0 spiro atoms. The molecule has 3 rings (SSSR count). The van der Waals surface area contributed by atoms with Gasteiger partial charge >= 0.3 is 0 Å². The van der Waals surface area contributed by atoms with Crippen LogP contribution in [0.15, 0.2) is 35.1 Å². The molecular weight excluding hydrogens is 344 g/mol. The number of amides is 1. The van der Waals surface area contributed by atoms with Gasteiger partial charge in [0.25, 0.3) is 11.5 Å². The van der Waals surface area contributed by atoms with E-state index >= 15 is 0 Å². The van der Waals surface area contributed by atoms with Crippen molar-refractivity contribution in [3.05, 3.63) is 57.0 Å². The van der Waals surface area contributed by atoms with Crippen molar-refractivity contribution in [1.82, 2.24) is 4.57 Å². The molecular formula is C18H19ClN2O4. The van der Waals surface area contributed by atoms with Gasteiger partial charge in [0.2, 0.25) is 0 Å². The quantitative estimate of drug-likeness (QED) is 0.876. The zero-order valence-corrected chi connectivity index (χ0v) is 14.5. The first-order valence-corrected chi connectivity index (χ1v) is 8.45. The van der Waals surface area contributed by atoms with Gasteiger partial charge in [-0.3, -0.25) is 9.59 Å². The second-order valence-electron chi connectivity index (χ2n) is 6.06. The number of rotatable bonds is 4. The van der Waals surface area contributed by atoms with E-state index in [9.17, 15) is 14.7 Å². The summed E-state index contributed by atoms with van der Waals surface area (Å²) < 4.78 is 7.04. The summed E-state index contributed by atoms with van der Waals surface area (Å²) in [4.78, 5) is 25.3. The van der Waals surface area contributed by atoms with E-state index in [-0.39, 0.29) is 17.4 Å². The molecule has 0 bridgehead atoms. The van der Waals surface area contributed by atoms with E-state index in [1.807, 2.05) is 0 Å². The fourth-order valence-electron chi connectivity index (χ4n) is 2.94. The number of carbonyl (C=O) groups excluding carboxylic acids is 1. The number of nitrogens with one attached hydrogen (secondary N) is 1. The van der Waals surface area contributed by atoms with Crippen molar-refractivity contribution in [2.45, 2.75) is 32.4 Å². The van der Waals surface area contributed by atoms with Gasteiger partial charge in [0.1, 0.15) is 11.3 Å². The largest absolute Gasteiger partial charge is 0.507 e. The van der Waals surface area contributed by atoms with E-state index in [1.54, 1.807) is 31.2 Å². The number of carbonyl (C=O) groups is 1. The number of pyridine rings is 1. The Bertz CT molecular complexity index is 857. The third kappa shape index (κ3) is 3.86. The number of aryl methyl sites for hydroxylation is 1. The van der Waals surface area contributed by atoms with Gasteiger partial charge < -0.3 is 19.7 Å². The van der Waals surface area contributed by atoms with Crippen molar-refractivity contribution in [3.8, 4) is 5.75 Å². The lowest BCUT2D eigenvalue weighted by atomic mass is 10.1. The maximum Gasteiger partial charge on any atom is 0.267 e. The molecule has 1 fully saturated rings. The summed E-state index contributed by atoms with van der Waals surface area (Å²) in [6.07, 6.45) is 1.78. The molecule has 1 amide bonds. The standard InChI is InChI=1S/C18H19ClN2O4/c1-11-8-15(22)16(17(23)20-13-5-2-4-12(19)9-13)18(24)21(11)10-14-6-3-7-25-14/h2,4-5,8-9,14,22H,3,6-7,10H2,1H3,(H,20,23). The molecule has 1 aliphatic heterocycles. The molecule has 1 unspecified atom stereocenters. The van der Waals surface area contributed by atoms with Gasteiger partial charge in [-0.15, -0.1) is 0 Å². The summed E-state index contributed by atoms with van der Waals surface area (Å²) in [6, 6.07) is 8.00. The van der Waals surface area contributed by atoms with Gasteiger partial charge in [-0.05, 0) is 38.0 Å². The highest BCUT2D eigenvalue weighted by atomic mass is 35.5. The van der Waals surface area contributed by atoms with Crippen LogP contribution in [-0.4, -0.2) is 28.3 Å². The van der Waals surface area contributed by atoms with Crippen molar-refractivity contribution < 1.29 is 14.6 Å². The minimum atomic E-state index is -0.675. The zero-order chi connectivity index (χ0) is 18.0. The van der Waals surface area contributed by atoms with Crippen molar-refractivity contribution in [2.24, 2.45) is 0 Å². The van der Waals surface area contributed by atoms with E-state index in [1.165, 1.54) is 10.6 Å². The number of ether oxygens (including phenoxy) is 1. The fraction of sp³-hybridized carbons (Fsp3) is 0.333. The molecule has 132 valence electrons. The molecule has 1 atom stereocenters. The Morgan fingerprint density at radius 3 is 2.92 bits per heavy atom. The lowest BCUT2D eigenvalue weighted by molar-refractivity contribution is 0.0946. The van der Waals surface area contributed by atoms with E-state index in [4.69, 9.17) is 16.3 Å². The fourth-order valence-corrected chi connectivity index (χ4v) is 3.14. The lowest BCUT2D eigenvalue weighted by Crippen LogP contribution is -2.33. The van der Waals surface area contributed by atoms with Gasteiger partial charge in [-0.25, -0.2) is 0 Å². The summed E-state index contributed by atoms with van der Waals surface area (Å²) in [5.41, 5.74) is 0.205. The molecule has 0 saturated carbocycles. The zero-order valence-electron chi connectivity index (χ0n) is 13.8. The topological polar surface area (TPSA) is 80.6 Å². The minimum absolute atomic E-state index is 0.0511. The molecule has 0 aliphatic carbocycles. The lowest BCUT2D eigenvalue weighted by Gasteiger charge is -2.16. The Morgan fingerprint density at radius 2 is 2.24 bits per heavy atom. The Kier molecular flexibility index (Phi) is 5.11. The Labute approximate surface area is 150 Å². The van der Waals surface area contributed by atoms with Gasteiger partial charge in [0.05, 0.1) is 12.6 Å². The molecule has 2 heterocycles. The molecule has 0 radical (unpaired) electrons. The van der Waals surface area contributed by atoms with E-state index in [0.717, 1.165) is 12.8 Å². The third-order valence-electron chi connectivity index (χ3n) is 4.21. The number of benzene rings is 1. The highest BCUT2D eigenvalue weighted by Crippen LogP contribution is 2.20. The second-order valence-corrected chi connectivity index (χ2v) is 6.50. The molecule has 1 aromatic heterocycles. The smallest absolute Gasteiger partial charge is 0.267 e. The first kappa shape index (κ1) is 17.5. The molecule has 1 aromatic carbocycles. The minimum Gasteiger partial charge on any atom is -0.507 e. The van der Waals surface area contributed by atoms with Gasteiger partial charge in [0.15, 0.2) is 0 Å². The number of aromatic hydroxyl groups is 1. The predicted molar refractivity (Wildman–Crippen MR) is 95.5 cm³/mol.